The molecule has 2 aromatic heterocycles. The molecule has 2 nitrogen and oxygen atoms in total. The molecule has 0 saturated heterocycles. The second-order valence-corrected chi connectivity index (χ2v) is 11.9. The summed E-state index contributed by atoms with van der Waals surface area (Å²) in [4.78, 5) is 0. The molecular weight excluding hydrogens is 544 g/mol. The Hall–Kier alpha value is -5.86. The number of aryl methyl sites for hydroxylation is 1. The van der Waals surface area contributed by atoms with Gasteiger partial charge in [0.15, 0.2) is 0 Å². The first kappa shape index (κ1) is 25.6. The Morgan fingerprint density at radius 2 is 0.800 bits per heavy atom. The van der Waals surface area contributed by atoms with Crippen molar-refractivity contribution in [1.29, 1.82) is 0 Å². The average molecular weight is 575 g/mol. The van der Waals surface area contributed by atoms with Crippen LogP contribution in [0.3, 0.4) is 0 Å². The lowest BCUT2D eigenvalue weighted by molar-refractivity contribution is 1.17. The molecule has 0 aliphatic heterocycles. The van der Waals surface area contributed by atoms with Crippen molar-refractivity contribution in [1.82, 2.24) is 9.13 Å². The quantitative estimate of drug-likeness (QED) is 0.198. The maximum Gasteiger partial charge on any atom is 0.0548 e. The second-order valence-electron chi connectivity index (χ2n) is 11.9. The van der Waals surface area contributed by atoms with Crippen molar-refractivity contribution in [3.63, 3.8) is 0 Å². The Morgan fingerprint density at radius 3 is 1.36 bits per heavy atom. The highest BCUT2D eigenvalue weighted by molar-refractivity contribution is 6.28. The maximum atomic E-state index is 2.42. The van der Waals surface area contributed by atoms with Gasteiger partial charge >= 0.3 is 0 Å². The van der Waals surface area contributed by atoms with Gasteiger partial charge in [-0.2, -0.15) is 0 Å². The fourth-order valence-electron chi connectivity index (χ4n) is 7.13. The van der Waals surface area contributed by atoms with Crippen LogP contribution in [0.4, 0.5) is 0 Å². The van der Waals surface area contributed by atoms with E-state index in [0.717, 1.165) is 5.69 Å². The molecule has 9 rings (SSSR count). The molecule has 0 aliphatic carbocycles. The fraction of sp³-hybridized carbons (Fsp3) is 0.0233. The predicted octanol–water partition coefficient (Wildman–Crippen LogP) is 11.5. The zero-order chi connectivity index (χ0) is 29.9. The Labute approximate surface area is 262 Å². The molecule has 0 N–H and O–H groups in total. The van der Waals surface area contributed by atoms with Crippen LogP contribution in [-0.4, -0.2) is 9.13 Å². The number of aromatic nitrogens is 2. The molecule has 9 aromatic rings. The standard InChI is InChI=1S/C43H30N2/c1-29-10-9-13-35(28-29)45-39-17-8-6-15-37(39)43-41(45)27-26-40-42(43)36-14-5-7-16-38(36)44(40)34-24-22-33(23-25-34)32-20-18-31(19-21-32)30-11-3-2-4-12-30/h2-28H,1H3. The van der Waals surface area contributed by atoms with Gasteiger partial charge in [-0.05, 0) is 83.3 Å². The molecule has 0 atom stereocenters. The molecule has 0 fully saturated rings. The number of benzene rings is 7. The first-order chi connectivity index (χ1) is 22.2. The van der Waals surface area contributed by atoms with Gasteiger partial charge < -0.3 is 9.13 Å². The summed E-state index contributed by atoms with van der Waals surface area (Å²) in [7, 11) is 0. The molecule has 2 heteroatoms. The van der Waals surface area contributed by atoms with E-state index >= 15 is 0 Å². The summed E-state index contributed by atoms with van der Waals surface area (Å²) in [5, 5.41) is 5.14. The predicted molar refractivity (Wildman–Crippen MR) is 191 cm³/mol. The second kappa shape index (κ2) is 10.1. The van der Waals surface area contributed by atoms with Gasteiger partial charge in [-0.25, -0.2) is 0 Å². The lowest BCUT2D eigenvalue weighted by Gasteiger charge is -2.11. The Morgan fingerprint density at radius 1 is 0.333 bits per heavy atom. The van der Waals surface area contributed by atoms with Crippen molar-refractivity contribution < 1.29 is 0 Å². The van der Waals surface area contributed by atoms with Gasteiger partial charge in [-0.3, -0.25) is 0 Å². The zero-order valence-corrected chi connectivity index (χ0v) is 25.0. The minimum absolute atomic E-state index is 1.16. The fourth-order valence-corrected chi connectivity index (χ4v) is 7.13. The molecule has 45 heavy (non-hydrogen) atoms. The molecule has 7 aromatic carbocycles. The third-order valence-corrected chi connectivity index (χ3v) is 9.18. The minimum atomic E-state index is 1.16. The number of hydrogen-bond acceptors (Lipinski definition) is 0. The first-order valence-electron chi connectivity index (χ1n) is 15.5. The van der Waals surface area contributed by atoms with Crippen molar-refractivity contribution in [3.05, 3.63) is 169 Å². The van der Waals surface area contributed by atoms with Gasteiger partial charge in [0.05, 0.1) is 22.1 Å². The van der Waals surface area contributed by atoms with E-state index < -0.39 is 0 Å². The van der Waals surface area contributed by atoms with Crippen LogP contribution in [0, 0.1) is 6.92 Å². The highest BCUT2D eigenvalue weighted by Gasteiger charge is 2.20. The largest absolute Gasteiger partial charge is 0.309 e. The summed E-state index contributed by atoms with van der Waals surface area (Å²) < 4.78 is 4.84. The first-order valence-corrected chi connectivity index (χ1v) is 15.5. The molecule has 0 aliphatic rings. The lowest BCUT2D eigenvalue weighted by atomic mass is 10.0. The molecule has 0 saturated carbocycles. The van der Waals surface area contributed by atoms with Crippen molar-refractivity contribution in [2.75, 3.05) is 0 Å². The van der Waals surface area contributed by atoms with Crippen LogP contribution in [0.2, 0.25) is 0 Å². The molecule has 212 valence electrons. The van der Waals surface area contributed by atoms with Crippen molar-refractivity contribution in [2.24, 2.45) is 0 Å². The van der Waals surface area contributed by atoms with Crippen LogP contribution in [0.1, 0.15) is 5.56 Å². The zero-order valence-electron chi connectivity index (χ0n) is 25.0. The van der Waals surface area contributed by atoms with Crippen LogP contribution in [0.25, 0.3) is 77.2 Å². The SMILES string of the molecule is Cc1cccc(-n2c3ccccc3c3c4c5ccccc5n(-c5ccc(-c6ccc(-c7ccccc7)cc6)cc5)c4ccc32)c1. The molecule has 2 heterocycles. The Kier molecular flexibility index (Phi) is 5.76. The van der Waals surface area contributed by atoms with Crippen molar-refractivity contribution >= 4 is 43.6 Å². The summed E-state index contributed by atoms with van der Waals surface area (Å²) in [6.45, 7) is 2.16. The van der Waals surface area contributed by atoms with E-state index in [0.29, 0.717) is 0 Å². The molecule has 0 spiro atoms. The third-order valence-electron chi connectivity index (χ3n) is 9.18. The van der Waals surface area contributed by atoms with Crippen LogP contribution < -0.4 is 0 Å². The number of hydrogen-bond donors (Lipinski definition) is 0. The molecule has 0 bridgehead atoms. The summed E-state index contributed by atoms with van der Waals surface area (Å²) in [5.74, 6) is 0. The minimum Gasteiger partial charge on any atom is -0.309 e. The highest BCUT2D eigenvalue weighted by atomic mass is 15.0. The van der Waals surface area contributed by atoms with E-state index in [1.165, 1.54) is 77.1 Å². The Bertz CT molecular complexity index is 2510. The molecule has 0 unspecified atom stereocenters. The van der Waals surface area contributed by atoms with Crippen LogP contribution in [-0.2, 0) is 0 Å². The third kappa shape index (κ3) is 4.03. The molecule has 0 radical (unpaired) electrons. The van der Waals surface area contributed by atoms with E-state index in [-0.39, 0.29) is 0 Å². The van der Waals surface area contributed by atoms with Crippen LogP contribution in [0.15, 0.2) is 164 Å². The summed E-state index contributed by atoms with van der Waals surface area (Å²) in [5.41, 5.74) is 13.4. The molecular formula is C43H30N2. The molecule has 0 amide bonds. The van der Waals surface area contributed by atoms with E-state index in [4.69, 9.17) is 0 Å². The van der Waals surface area contributed by atoms with Gasteiger partial charge in [0, 0.05) is 32.9 Å². The highest BCUT2D eigenvalue weighted by Crippen LogP contribution is 2.42. The van der Waals surface area contributed by atoms with Gasteiger partial charge in [-0.15, -0.1) is 0 Å². The van der Waals surface area contributed by atoms with Gasteiger partial charge in [0.1, 0.15) is 0 Å². The maximum absolute atomic E-state index is 2.42. The van der Waals surface area contributed by atoms with Crippen molar-refractivity contribution in [2.45, 2.75) is 6.92 Å². The van der Waals surface area contributed by atoms with E-state index in [1.807, 2.05) is 0 Å². The normalized spacial score (nSPS) is 11.7. The van der Waals surface area contributed by atoms with Gasteiger partial charge in [0.25, 0.3) is 0 Å². The summed E-state index contributed by atoms with van der Waals surface area (Å²) in [6.07, 6.45) is 0. The monoisotopic (exact) mass is 574 g/mol. The number of fused-ring (bicyclic) bond motifs is 7. The summed E-state index contributed by atoms with van der Waals surface area (Å²) >= 11 is 0. The van der Waals surface area contributed by atoms with Crippen LogP contribution >= 0.6 is 0 Å². The van der Waals surface area contributed by atoms with Gasteiger partial charge in [-0.1, -0.05) is 115 Å². The van der Waals surface area contributed by atoms with E-state index in [1.54, 1.807) is 0 Å². The summed E-state index contributed by atoms with van der Waals surface area (Å²) in [6, 6.07) is 59.5. The van der Waals surface area contributed by atoms with E-state index in [9.17, 15) is 0 Å². The average Bonchev–Trinajstić information content (AvgIpc) is 3.62. The Balaban J connectivity index is 1.23. The van der Waals surface area contributed by atoms with E-state index in [2.05, 4.69) is 180 Å². The smallest absolute Gasteiger partial charge is 0.0548 e. The van der Waals surface area contributed by atoms with Gasteiger partial charge in [0.2, 0.25) is 0 Å². The van der Waals surface area contributed by atoms with Crippen molar-refractivity contribution in [3.8, 4) is 33.6 Å². The lowest BCUT2D eigenvalue weighted by Crippen LogP contribution is -1.95. The topological polar surface area (TPSA) is 9.86 Å². The number of para-hydroxylation sites is 2. The number of nitrogens with zero attached hydrogens (tertiary/aromatic N) is 2. The van der Waals surface area contributed by atoms with Crippen LogP contribution in [0.5, 0.6) is 0 Å². The number of rotatable bonds is 4.